The van der Waals surface area contributed by atoms with E-state index < -0.39 is 0 Å². The van der Waals surface area contributed by atoms with E-state index in [1.54, 1.807) is 0 Å². The number of hydrogen-bond donors (Lipinski definition) is 0. The summed E-state index contributed by atoms with van der Waals surface area (Å²) in [6.07, 6.45) is 28.6. The number of rotatable bonds is 4. The molecule has 8 aliphatic rings. The van der Waals surface area contributed by atoms with E-state index in [-0.39, 0.29) is 35.3 Å². The average molecular weight is 1160 g/mol. The Morgan fingerprint density at radius 3 is 1.77 bits per heavy atom. The van der Waals surface area contributed by atoms with Gasteiger partial charge in [0.2, 0.25) is 0 Å². The predicted octanol–water partition coefficient (Wildman–Crippen LogP) is 17.8. The Bertz CT molecular complexity index is 4540. The van der Waals surface area contributed by atoms with Crippen LogP contribution in [0, 0.1) is 0 Å². The highest BCUT2D eigenvalue weighted by molar-refractivity contribution is 7.31. The molecule has 0 N–H and O–H groups in total. The molecule has 4 atom stereocenters. The van der Waals surface area contributed by atoms with Crippen molar-refractivity contribution >= 4 is 113 Å². The average Bonchev–Trinajstić information content (AvgIpc) is 1.29. The zero-order valence-corrected chi connectivity index (χ0v) is 51.8. The minimum atomic E-state index is -0.269. The molecule has 1 aromatic heterocycles. The van der Waals surface area contributed by atoms with Gasteiger partial charge in [0.05, 0.1) is 11.1 Å². The maximum Gasteiger partial charge on any atom is 0.259 e. The summed E-state index contributed by atoms with van der Waals surface area (Å²) in [6, 6.07) is 69.1. The van der Waals surface area contributed by atoms with Crippen LogP contribution in [0.15, 0.2) is 248 Å². The summed E-state index contributed by atoms with van der Waals surface area (Å²) in [4.78, 5) is 10.6. The van der Waals surface area contributed by atoms with Gasteiger partial charge in [0.1, 0.15) is 12.4 Å². The fourth-order valence-electron chi connectivity index (χ4n) is 18.1. The Morgan fingerprint density at radius 1 is 0.511 bits per heavy atom. The van der Waals surface area contributed by atoms with E-state index >= 15 is 0 Å². The van der Waals surface area contributed by atoms with Gasteiger partial charge in [-0.2, -0.15) is 0 Å². The molecule has 17 rings (SSSR count). The van der Waals surface area contributed by atoms with Crippen molar-refractivity contribution < 1.29 is 4.74 Å². The van der Waals surface area contributed by atoms with E-state index in [1.165, 1.54) is 113 Å². The van der Waals surface area contributed by atoms with Crippen LogP contribution in [0.3, 0.4) is 0 Å². The topological polar surface area (TPSA) is 22.2 Å². The zero-order valence-electron chi connectivity index (χ0n) is 51.0. The molecule has 0 spiro atoms. The van der Waals surface area contributed by atoms with Gasteiger partial charge in [-0.15, -0.1) is 17.9 Å². The predicted molar refractivity (Wildman–Crippen MR) is 375 cm³/mol. The van der Waals surface area contributed by atoms with Crippen LogP contribution in [0.4, 0.5) is 51.2 Å². The first-order valence-electron chi connectivity index (χ1n) is 32.3. The van der Waals surface area contributed by atoms with Crippen molar-refractivity contribution in [2.75, 3.05) is 26.2 Å². The van der Waals surface area contributed by atoms with E-state index in [9.17, 15) is 0 Å². The molecule has 2 fully saturated rings. The number of benzene rings is 8. The van der Waals surface area contributed by atoms with E-state index in [2.05, 4.69) is 278 Å². The molecular formula is C80H72B2N4OS. The van der Waals surface area contributed by atoms with E-state index in [4.69, 9.17) is 11.3 Å². The highest BCUT2D eigenvalue weighted by Crippen LogP contribution is 2.63. The molecule has 2 saturated carbocycles. The molecule has 430 valence electrons. The van der Waals surface area contributed by atoms with Crippen LogP contribution in [0.25, 0.3) is 16.2 Å². The number of fused-ring (bicyclic) bond motifs is 14. The Kier molecular flexibility index (Phi) is 12.3. The third kappa shape index (κ3) is 7.60. The monoisotopic (exact) mass is 1160 g/mol. The van der Waals surface area contributed by atoms with E-state index in [1.807, 2.05) is 11.3 Å². The van der Waals surface area contributed by atoms with Gasteiger partial charge in [0.25, 0.3) is 13.4 Å². The second-order valence-electron chi connectivity index (χ2n) is 26.8. The lowest BCUT2D eigenvalue weighted by molar-refractivity contribution is 0.195. The quantitative estimate of drug-likeness (QED) is 0.163. The Morgan fingerprint density at radius 2 is 1.08 bits per heavy atom. The van der Waals surface area contributed by atoms with Crippen molar-refractivity contribution in [2.45, 2.75) is 107 Å². The van der Waals surface area contributed by atoms with Crippen molar-refractivity contribution in [1.82, 2.24) is 0 Å². The molecule has 6 aliphatic heterocycles. The molecule has 0 bridgehead atoms. The minimum Gasteiger partial charge on any atom is -0.490 e. The van der Waals surface area contributed by atoms with Gasteiger partial charge in [-0.05, 0) is 173 Å². The summed E-state index contributed by atoms with van der Waals surface area (Å²) >= 11 is 1.92. The SMILES string of the molecule is C=C1/C=C2/B3c4ccccc4N(c4ccccc4)c4cc(N5c6ccccc6C6(C)CCCCC56C)cc(c43)N(c3ccccc3)/C2=C/COc2cc(N3c4ccccc4C4(C)CCCCC34C)cc3c2B1c1sc2ccccc2c1C/C=C/C=C\C=C3. The van der Waals surface area contributed by atoms with Crippen LogP contribution in [0.5, 0.6) is 5.75 Å². The van der Waals surface area contributed by atoms with Crippen LogP contribution in [0.2, 0.25) is 0 Å². The minimum absolute atomic E-state index is 0.0153. The van der Waals surface area contributed by atoms with Crippen LogP contribution in [-0.2, 0) is 17.3 Å². The number of thiophene rings is 1. The lowest BCUT2D eigenvalue weighted by atomic mass is 9.31. The normalized spacial score (nSPS) is 25.8. The molecule has 5 nitrogen and oxygen atoms in total. The number of hydrogen-bond acceptors (Lipinski definition) is 6. The first-order chi connectivity index (χ1) is 43.1. The molecular weight excluding hydrogens is 1090 g/mol. The molecule has 0 amide bonds. The Labute approximate surface area is 524 Å². The summed E-state index contributed by atoms with van der Waals surface area (Å²) in [5.74, 6) is 0.896. The molecule has 88 heavy (non-hydrogen) atoms. The van der Waals surface area contributed by atoms with Crippen molar-refractivity contribution in [3.8, 4) is 5.75 Å². The maximum absolute atomic E-state index is 7.78. The largest absolute Gasteiger partial charge is 0.490 e. The van der Waals surface area contributed by atoms with Crippen LogP contribution in [0.1, 0.15) is 101 Å². The number of para-hydroxylation sites is 5. The molecule has 8 aromatic carbocycles. The summed E-state index contributed by atoms with van der Waals surface area (Å²) < 4.78 is 10.4. The maximum atomic E-state index is 7.78. The molecule has 4 unspecified atom stereocenters. The van der Waals surface area contributed by atoms with Crippen molar-refractivity contribution in [3.63, 3.8) is 0 Å². The molecule has 0 saturated heterocycles. The summed E-state index contributed by atoms with van der Waals surface area (Å²) in [5.41, 5.74) is 22.9. The van der Waals surface area contributed by atoms with Crippen molar-refractivity contribution in [1.29, 1.82) is 0 Å². The summed E-state index contributed by atoms with van der Waals surface area (Å²) in [7, 11) is 0. The second kappa shape index (κ2) is 20.2. The third-order valence-electron chi connectivity index (χ3n) is 22.5. The van der Waals surface area contributed by atoms with Gasteiger partial charge in [-0.3, -0.25) is 0 Å². The van der Waals surface area contributed by atoms with Gasteiger partial charge in [-0.1, -0.05) is 197 Å². The first-order valence-corrected chi connectivity index (χ1v) is 33.1. The van der Waals surface area contributed by atoms with Gasteiger partial charge in [-0.25, -0.2) is 0 Å². The molecule has 7 heterocycles. The Hall–Kier alpha value is -8.71. The zero-order chi connectivity index (χ0) is 59.1. The molecule has 9 aromatic rings. The van der Waals surface area contributed by atoms with Crippen molar-refractivity contribution in [3.05, 3.63) is 270 Å². The molecule has 8 heteroatoms. The lowest BCUT2D eigenvalue weighted by Crippen LogP contribution is -2.58. The first kappa shape index (κ1) is 53.5. The molecule has 0 radical (unpaired) electrons. The van der Waals surface area contributed by atoms with Crippen molar-refractivity contribution in [2.24, 2.45) is 0 Å². The smallest absolute Gasteiger partial charge is 0.259 e. The second-order valence-corrected chi connectivity index (χ2v) is 27.9. The highest BCUT2D eigenvalue weighted by Gasteiger charge is 2.60. The number of allylic oxidation sites excluding steroid dienone is 8. The lowest BCUT2D eigenvalue weighted by Gasteiger charge is -2.51. The van der Waals surface area contributed by atoms with Crippen LogP contribution in [-0.4, -0.2) is 31.1 Å². The standard InChI is InChI=1S/C80H72B2N4OS/c1-54-49-65-69(43-48-87-72-53-58(85-66-39-21-18-36-62(66)77(2)44-25-27-46-79(77,85)4)50-55-29-11-7-6-8-16-35-61-60-34-17-24-42-73(60)88-76(61)81(54)74(55)72)84(57-32-14-10-15-33-57)71-52-59(86-67-40-22-19-37-63(67)78(3)45-26-28-47-80(78,86)5)51-70-75(71)82(65)64-38-20-23-41-68(64)83(70)56-30-12-9-13-31-56/h6-24,29-34,36-43,49-53H,1,25-28,35,44-48H2,2-5H3/b7-6-,16-8+,29-11?,65-49+,69-43+. The van der Waals surface area contributed by atoms with Crippen LogP contribution < -0.4 is 45.5 Å². The summed E-state index contributed by atoms with van der Waals surface area (Å²) in [6.45, 7) is 15.5. The van der Waals surface area contributed by atoms with Gasteiger partial charge in [0.15, 0.2) is 0 Å². The van der Waals surface area contributed by atoms with E-state index in [0.717, 1.165) is 71.4 Å². The number of ether oxygens (including phenoxy) is 1. The van der Waals surface area contributed by atoms with Gasteiger partial charge >= 0.3 is 0 Å². The number of anilines is 9. The summed E-state index contributed by atoms with van der Waals surface area (Å²) in [5, 5.41) is 1.30. The highest BCUT2D eigenvalue weighted by atomic mass is 32.1. The van der Waals surface area contributed by atoms with Crippen LogP contribution >= 0.6 is 11.3 Å². The Balaban J connectivity index is 0.954. The number of nitrogens with zero attached hydrogens (tertiary/aromatic N) is 4. The van der Waals surface area contributed by atoms with E-state index in [0.29, 0.717) is 6.61 Å². The molecule has 2 aliphatic carbocycles. The van der Waals surface area contributed by atoms with Gasteiger partial charge in [0, 0.05) is 78.5 Å². The third-order valence-corrected chi connectivity index (χ3v) is 23.8. The fourth-order valence-corrected chi connectivity index (χ4v) is 19.4. The van der Waals surface area contributed by atoms with Gasteiger partial charge < -0.3 is 24.3 Å². The fraction of sp³-hybridized carbons (Fsp3) is 0.225.